The monoisotopic (exact) mass is 550 g/mol. The van der Waals surface area contributed by atoms with Gasteiger partial charge in [-0.3, -0.25) is 0 Å². The molecule has 4 N–H and O–H groups in total. The average molecular weight is 551 g/mol. The molecule has 2 aliphatic rings. The lowest BCUT2D eigenvalue weighted by molar-refractivity contribution is 0.404. The van der Waals surface area contributed by atoms with E-state index in [4.69, 9.17) is 9.88 Å². The molecule has 3 atom stereocenters. The van der Waals surface area contributed by atoms with Gasteiger partial charge >= 0.3 is 0 Å². The zero-order chi connectivity index (χ0) is 27.2. The van der Waals surface area contributed by atoms with Crippen molar-refractivity contribution in [3.63, 3.8) is 0 Å². The van der Waals surface area contributed by atoms with Crippen LogP contribution in [-0.4, -0.2) is 42.0 Å². The highest BCUT2D eigenvalue weighted by Gasteiger charge is 2.57. The molecule has 1 saturated carbocycles. The van der Waals surface area contributed by atoms with E-state index in [-0.39, 0.29) is 17.0 Å². The first-order valence-electron chi connectivity index (χ1n) is 12.2. The lowest BCUT2D eigenvalue weighted by Crippen LogP contribution is -2.30. The lowest BCUT2D eigenvalue weighted by atomic mass is 10.0. The molecule has 2 aromatic heterocycles. The number of sulfonamides is 1. The summed E-state index contributed by atoms with van der Waals surface area (Å²) in [5.41, 5.74) is 0.654. The molecule has 1 aliphatic carbocycles. The highest BCUT2D eigenvalue weighted by molar-refractivity contribution is 7.89. The van der Waals surface area contributed by atoms with Crippen LogP contribution < -0.4 is 20.5 Å². The topological polar surface area (TPSA) is 132 Å². The first-order chi connectivity index (χ1) is 18.7. The predicted molar refractivity (Wildman–Crippen MR) is 140 cm³/mol. The first kappa shape index (κ1) is 25.3. The maximum absolute atomic E-state index is 15.3. The second kappa shape index (κ2) is 9.63. The Morgan fingerprint density at radius 1 is 1.03 bits per heavy atom. The number of nitrogens with zero attached hydrogens (tertiary/aromatic N) is 3. The van der Waals surface area contributed by atoms with Gasteiger partial charge in [0.25, 0.3) is 0 Å². The van der Waals surface area contributed by atoms with Gasteiger partial charge in [0.2, 0.25) is 27.7 Å². The molecule has 4 aromatic rings. The number of pyridine rings is 1. The molecule has 9 nitrogen and oxygen atoms in total. The number of nitrogens with one attached hydrogen (secondary N) is 2. The standard InChI is InChI=1S/C27H24F2N6O3S/c28-22-19(24(39(30,36)37)16-5-2-1-3-6-16)8-9-21(23(22)29)38-25-18(7-4-11-32-25)20-10-12-33-26(34-20)35-27-13-17(27)14-31-15-27/h1-12,17,24,31H,13-15H2,(H2,30,36,37)(H,33,34,35). The number of benzene rings is 2. The SMILES string of the molecule is NS(=O)(=O)C(c1ccccc1)c1ccc(Oc2ncccc2-c2ccnc(NC34CNCC3C4)n2)c(F)c1F. The number of nitrogens with two attached hydrogens (primary N) is 1. The normalized spacial score (nSPS) is 20.7. The minimum Gasteiger partial charge on any atom is -0.435 e. The van der Waals surface area contributed by atoms with E-state index in [1.165, 1.54) is 18.3 Å². The molecule has 0 bridgehead atoms. The zero-order valence-corrected chi connectivity index (χ0v) is 21.3. The number of halogens is 2. The molecule has 0 amide bonds. The summed E-state index contributed by atoms with van der Waals surface area (Å²) in [6.45, 7) is 1.79. The number of rotatable bonds is 8. The summed E-state index contributed by atoms with van der Waals surface area (Å²) in [5.74, 6) is -2.24. The molecule has 6 rings (SSSR count). The summed E-state index contributed by atoms with van der Waals surface area (Å²) in [7, 11) is -4.32. The molecule has 0 spiro atoms. The van der Waals surface area contributed by atoms with Crippen LogP contribution in [0.4, 0.5) is 14.7 Å². The Morgan fingerprint density at radius 3 is 2.56 bits per heavy atom. The van der Waals surface area contributed by atoms with Gasteiger partial charge in [0, 0.05) is 31.0 Å². The van der Waals surface area contributed by atoms with Crippen LogP contribution in [0.3, 0.4) is 0 Å². The number of aromatic nitrogens is 3. The van der Waals surface area contributed by atoms with E-state index in [1.54, 1.807) is 42.6 Å². The molecular formula is C27H24F2N6O3S. The quantitative estimate of drug-likeness (QED) is 0.302. The van der Waals surface area contributed by atoms with E-state index in [0.29, 0.717) is 23.1 Å². The molecule has 1 saturated heterocycles. The Hall–Kier alpha value is -4.00. The van der Waals surface area contributed by atoms with Gasteiger partial charge in [0.1, 0.15) is 5.25 Å². The summed E-state index contributed by atoms with van der Waals surface area (Å²) >= 11 is 0. The average Bonchev–Trinajstić information content (AvgIpc) is 3.45. The van der Waals surface area contributed by atoms with Gasteiger partial charge in [-0.2, -0.15) is 4.39 Å². The molecule has 2 fully saturated rings. The summed E-state index contributed by atoms with van der Waals surface area (Å²) in [4.78, 5) is 13.1. The van der Waals surface area contributed by atoms with Crippen LogP contribution in [0, 0.1) is 17.6 Å². The van der Waals surface area contributed by atoms with Crippen molar-refractivity contribution in [3.8, 4) is 22.9 Å². The molecule has 2 aromatic carbocycles. The molecule has 39 heavy (non-hydrogen) atoms. The number of hydrogen-bond acceptors (Lipinski definition) is 8. The van der Waals surface area contributed by atoms with Crippen molar-refractivity contribution in [1.82, 2.24) is 20.3 Å². The number of ether oxygens (including phenoxy) is 1. The van der Waals surface area contributed by atoms with Gasteiger partial charge in [-0.05, 0) is 42.2 Å². The summed E-state index contributed by atoms with van der Waals surface area (Å²) in [6, 6.07) is 15.1. The Morgan fingerprint density at radius 2 is 1.85 bits per heavy atom. The Kier molecular flexibility index (Phi) is 6.25. The van der Waals surface area contributed by atoms with Gasteiger partial charge in [0.05, 0.1) is 16.8 Å². The molecule has 3 unspecified atom stereocenters. The number of piperidine rings is 1. The fourth-order valence-electron chi connectivity index (χ4n) is 5.10. The van der Waals surface area contributed by atoms with E-state index < -0.39 is 38.2 Å². The highest BCUT2D eigenvalue weighted by atomic mass is 32.2. The fraction of sp³-hybridized carbons (Fsp3) is 0.222. The van der Waals surface area contributed by atoms with Crippen LogP contribution in [0.2, 0.25) is 0 Å². The summed E-state index contributed by atoms with van der Waals surface area (Å²) < 4.78 is 61.0. The summed E-state index contributed by atoms with van der Waals surface area (Å²) in [6.07, 6.45) is 4.10. The van der Waals surface area contributed by atoms with Crippen molar-refractivity contribution < 1.29 is 21.9 Å². The maximum Gasteiger partial charge on any atom is 0.228 e. The van der Waals surface area contributed by atoms with E-state index in [1.807, 2.05) is 0 Å². The zero-order valence-electron chi connectivity index (χ0n) is 20.5. The van der Waals surface area contributed by atoms with Gasteiger partial charge in [-0.25, -0.2) is 32.9 Å². The van der Waals surface area contributed by atoms with Crippen molar-refractivity contribution in [2.45, 2.75) is 17.2 Å². The summed E-state index contributed by atoms with van der Waals surface area (Å²) in [5, 5.41) is 10.6. The van der Waals surface area contributed by atoms with E-state index in [2.05, 4.69) is 25.6 Å². The minimum atomic E-state index is -4.32. The highest BCUT2D eigenvalue weighted by Crippen LogP contribution is 2.48. The molecule has 12 heteroatoms. The van der Waals surface area contributed by atoms with Crippen LogP contribution in [0.5, 0.6) is 11.6 Å². The molecular weight excluding hydrogens is 526 g/mol. The Balaban J connectivity index is 1.31. The minimum absolute atomic E-state index is 0.00995. The van der Waals surface area contributed by atoms with Crippen LogP contribution >= 0.6 is 0 Å². The van der Waals surface area contributed by atoms with Crippen molar-refractivity contribution in [3.05, 3.63) is 95.8 Å². The second-order valence-electron chi connectivity index (χ2n) is 9.70. The van der Waals surface area contributed by atoms with E-state index >= 15 is 8.78 Å². The van der Waals surface area contributed by atoms with Crippen LogP contribution in [-0.2, 0) is 10.0 Å². The van der Waals surface area contributed by atoms with Gasteiger partial charge in [-0.15, -0.1) is 0 Å². The van der Waals surface area contributed by atoms with Crippen LogP contribution in [0.15, 0.2) is 73.1 Å². The van der Waals surface area contributed by atoms with Crippen molar-refractivity contribution in [1.29, 1.82) is 0 Å². The van der Waals surface area contributed by atoms with Gasteiger partial charge < -0.3 is 15.4 Å². The van der Waals surface area contributed by atoms with Crippen molar-refractivity contribution in [2.24, 2.45) is 11.1 Å². The third kappa shape index (κ3) is 4.82. The van der Waals surface area contributed by atoms with E-state index in [0.717, 1.165) is 31.6 Å². The smallest absolute Gasteiger partial charge is 0.228 e. The number of primary sulfonamides is 1. The Labute approximate surface area is 223 Å². The number of fused-ring (bicyclic) bond motifs is 1. The molecule has 3 heterocycles. The van der Waals surface area contributed by atoms with Gasteiger partial charge in [0.15, 0.2) is 11.6 Å². The first-order valence-corrected chi connectivity index (χ1v) is 13.9. The van der Waals surface area contributed by atoms with Crippen LogP contribution in [0.25, 0.3) is 11.3 Å². The van der Waals surface area contributed by atoms with Gasteiger partial charge in [-0.1, -0.05) is 36.4 Å². The second-order valence-corrected chi connectivity index (χ2v) is 11.3. The van der Waals surface area contributed by atoms with Crippen molar-refractivity contribution in [2.75, 3.05) is 18.4 Å². The Bertz CT molecular complexity index is 1660. The lowest BCUT2D eigenvalue weighted by Gasteiger charge is -2.18. The largest absolute Gasteiger partial charge is 0.435 e. The van der Waals surface area contributed by atoms with Crippen LogP contribution in [0.1, 0.15) is 22.8 Å². The number of hydrogen-bond donors (Lipinski definition) is 3. The molecule has 200 valence electrons. The third-order valence-corrected chi connectivity index (χ3v) is 8.31. The fourth-order valence-corrected chi connectivity index (χ4v) is 6.17. The predicted octanol–water partition coefficient (Wildman–Crippen LogP) is 3.76. The molecule has 1 aliphatic heterocycles. The number of anilines is 1. The van der Waals surface area contributed by atoms with Crippen molar-refractivity contribution >= 4 is 16.0 Å². The third-order valence-electron chi connectivity index (χ3n) is 7.12. The van der Waals surface area contributed by atoms with E-state index in [9.17, 15) is 8.42 Å². The molecule has 0 radical (unpaired) electrons. The maximum atomic E-state index is 15.3.